The van der Waals surface area contributed by atoms with Crippen molar-refractivity contribution < 1.29 is 23.5 Å². The highest BCUT2D eigenvalue weighted by molar-refractivity contribution is 5.82. The molecule has 0 radical (unpaired) electrons. The smallest absolute Gasteiger partial charge is 0.305 e. The van der Waals surface area contributed by atoms with Crippen molar-refractivity contribution in [1.29, 1.82) is 0 Å². The largest absolute Gasteiger partial charge is 0.481 e. The third-order valence-corrected chi connectivity index (χ3v) is 1.44. The van der Waals surface area contributed by atoms with Crippen molar-refractivity contribution >= 4 is 11.9 Å². The molecule has 0 rings (SSSR count). The Bertz CT molecular complexity index is 221. The van der Waals surface area contributed by atoms with E-state index in [1.54, 1.807) is 0 Å². The highest BCUT2D eigenvalue weighted by Gasteiger charge is 2.25. The Morgan fingerprint density at radius 3 is 2.29 bits per heavy atom. The number of carboxylic acids is 1. The van der Waals surface area contributed by atoms with Crippen LogP contribution >= 0.6 is 0 Å². The summed E-state index contributed by atoms with van der Waals surface area (Å²) in [5.74, 6) is -2.20. The van der Waals surface area contributed by atoms with Crippen LogP contribution in [-0.4, -0.2) is 35.5 Å². The normalized spacial score (nSPS) is 14.9. The Kier molecular flexibility index (Phi) is 5.00. The summed E-state index contributed by atoms with van der Waals surface area (Å²) in [6.45, 7) is 1.32. The minimum Gasteiger partial charge on any atom is -0.481 e. The van der Waals surface area contributed by atoms with E-state index >= 15 is 0 Å². The van der Waals surface area contributed by atoms with Crippen LogP contribution in [0, 0.1) is 0 Å². The predicted molar refractivity (Wildman–Crippen MR) is 43.8 cm³/mol. The lowest BCUT2D eigenvalue weighted by Crippen LogP contribution is -2.47. The first kappa shape index (κ1) is 12.8. The topological polar surface area (TPSA) is 92.4 Å². The van der Waals surface area contributed by atoms with E-state index in [1.165, 1.54) is 6.92 Å². The molecule has 0 bridgehead atoms. The van der Waals surface area contributed by atoms with E-state index in [4.69, 9.17) is 10.8 Å². The van der Waals surface area contributed by atoms with E-state index in [9.17, 15) is 18.4 Å². The third-order valence-electron chi connectivity index (χ3n) is 1.44. The van der Waals surface area contributed by atoms with Crippen LogP contribution in [0.5, 0.6) is 0 Å². The third kappa shape index (κ3) is 4.70. The quantitative estimate of drug-likeness (QED) is 0.573. The molecule has 4 N–H and O–H groups in total. The van der Waals surface area contributed by atoms with Crippen molar-refractivity contribution in [2.45, 2.75) is 31.9 Å². The minimum atomic E-state index is -2.92. The molecule has 0 saturated carbocycles. The molecule has 0 heterocycles. The first-order chi connectivity index (χ1) is 6.34. The van der Waals surface area contributed by atoms with Gasteiger partial charge in [-0.1, -0.05) is 0 Å². The number of carboxylic acid groups (broad SMARTS) is 1. The average Bonchev–Trinajstić information content (AvgIpc) is 2.01. The summed E-state index contributed by atoms with van der Waals surface area (Å²) >= 11 is 0. The molecular formula is C7H12F2N2O3. The SMILES string of the molecule is CC(N)C(=O)NC(CC(=O)O)C(F)F. The van der Waals surface area contributed by atoms with E-state index in [0.29, 0.717) is 0 Å². The fraction of sp³-hybridized carbons (Fsp3) is 0.714. The van der Waals surface area contributed by atoms with Crippen LogP contribution in [0.3, 0.4) is 0 Å². The zero-order chi connectivity index (χ0) is 11.3. The Morgan fingerprint density at radius 2 is 2.00 bits per heavy atom. The fourth-order valence-corrected chi connectivity index (χ4v) is 0.705. The number of hydrogen-bond acceptors (Lipinski definition) is 3. The lowest BCUT2D eigenvalue weighted by Gasteiger charge is -2.17. The van der Waals surface area contributed by atoms with Crippen LogP contribution in [0.4, 0.5) is 8.78 Å². The summed E-state index contributed by atoms with van der Waals surface area (Å²) < 4.78 is 24.3. The van der Waals surface area contributed by atoms with Gasteiger partial charge in [0.2, 0.25) is 5.91 Å². The number of carbonyl (C=O) groups excluding carboxylic acids is 1. The van der Waals surface area contributed by atoms with Crippen molar-refractivity contribution in [2.75, 3.05) is 0 Å². The Balaban J connectivity index is 4.23. The van der Waals surface area contributed by atoms with Crippen LogP contribution in [0.2, 0.25) is 0 Å². The van der Waals surface area contributed by atoms with Gasteiger partial charge in [0.1, 0.15) is 6.04 Å². The number of amides is 1. The lowest BCUT2D eigenvalue weighted by molar-refractivity contribution is -0.139. The summed E-state index contributed by atoms with van der Waals surface area (Å²) in [5, 5.41) is 10.1. The molecule has 0 aliphatic rings. The molecule has 0 aromatic rings. The Morgan fingerprint density at radius 1 is 1.50 bits per heavy atom. The van der Waals surface area contributed by atoms with Gasteiger partial charge in [0.05, 0.1) is 12.5 Å². The molecular weight excluding hydrogens is 198 g/mol. The second-order valence-corrected chi connectivity index (χ2v) is 2.84. The summed E-state index contributed by atoms with van der Waals surface area (Å²) in [4.78, 5) is 21.0. The van der Waals surface area contributed by atoms with Crippen LogP contribution < -0.4 is 11.1 Å². The Hall–Kier alpha value is -1.24. The van der Waals surface area contributed by atoms with E-state index in [-0.39, 0.29) is 0 Å². The van der Waals surface area contributed by atoms with Crippen molar-refractivity contribution in [3.05, 3.63) is 0 Å². The highest BCUT2D eigenvalue weighted by Crippen LogP contribution is 2.05. The molecule has 7 heteroatoms. The monoisotopic (exact) mass is 210 g/mol. The molecule has 5 nitrogen and oxygen atoms in total. The summed E-state index contributed by atoms with van der Waals surface area (Å²) in [6, 6.07) is -2.63. The molecule has 2 unspecified atom stereocenters. The van der Waals surface area contributed by atoms with E-state index < -0.39 is 36.8 Å². The average molecular weight is 210 g/mol. The zero-order valence-corrected chi connectivity index (χ0v) is 7.54. The molecule has 0 aliphatic carbocycles. The van der Waals surface area contributed by atoms with Crippen LogP contribution in [0.15, 0.2) is 0 Å². The maximum atomic E-state index is 12.2. The van der Waals surface area contributed by atoms with E-state index in [2.05, 4.69) is 0 Å². The van der Waals surface area contributed by atoms with Gasteiger partial charge in [0.15, 0.2) is 0 Å². The molecule has 82 valence electrons. The van der Waals surface area contributed by atoms with E-state index in [0.717, 1.165) is 0 Å². The molecule has 1 amide bonds. The molecule has 0 spiro atoms. The zero-order valence-electron chi connectivity index (χ0n) is 7.54. The maximum absolute atomic E-state index is 12.2. The van der Waals surface area contributed by atoms with Gasteiger partial charge in [0, 0.05) is 0 Å². The number of nitrogens with one attached hydrogen (secondary N) is 1. The number of halogens is 2. The van der Waals surface area contributed by atoms with Crippen molar-refractivity contribution in [3.63, 3.8) is 0 Å². The fourth-order valence-electron chi connectivity index (χ4n) is 0.705. The van der Waals surface area contributed by atoms with E-state index in [1.807, 2.05) is 5.32 Å². The molecule has 14 heavy (non-hydrogen) atoms. The van der Waals surface area contributed by atoms with Gasteiger partial charge in [-0.15, -0.1) is 0 Å². The molecule has 0 saturated heterocycles. The Labute approximate surface area is 79.3 Å². The summed E-state index contributed by atoms with van der Waals surface area (Å²) in [7, 11) is 0. The minimum absolute atomic E-state index is 0.795. The van der Waals surface area contributed by atoms with Crippen LogP contribution in [0.1, 0.15) is 13.3 Å². The molecule has 0 fully saturated rings. The van der Waals surface area contributed by atoms with Gasteiger partial charge in [-0.25, -0.2) is 8.78 Å². The van der Waals surface area contributed by atoms with Crippen molar-refractivity contribution in [3.8, 4) is 0 Å². The second kappa shape index (κ2) is 5.48. The van der Waals surface area contributed by atoms with Gasteiger partial charge in [-0.3, -0.25) is 9.59 Å². The molecule has 0 aromatic heterocycles. The highest BCUT2D eigenvalue weighted by atomic mass is 19.3. The number of hydrogen-bond donors (Lipinski definition) is 3. The molecule has 2 atom stereocenters. The summed E-state index contributed by atoms with van der Waals surface area (Å²) in [5.41, 5.74) is 5.11. The van der Waals surface area contributed by atoms with Crippen molar-refractivity contribution in [1.82, 2.24) is 5.32 Å². The standard InChI is InChI=1S/C7H12F2N2O3/c1-3(10)7(14)11-4(6(8)9)2-5(12)13/h3-4,6H,2,10H2,1H3,(H,11,14)(H,12,13). The first-order valence-corrected chi connectivity index (χ1v) is 3.90. The van der Waals surface area contributed by atoms with Gasteiger partial charge in [0.25, 0.3) is 6.43 Å². The second-order valence-electron chi connectivity index (χ2n) is 2.84. The van der Waals surface area contributed by atoms with Crippen molar-refractivity contribution in [2.24, 2.45) is 5.73 Å². The molecule has 0 aromatic carbocycles. The lowest BCUT2D eigenvalue weighted by atomic mass is 10.2. The van der Waals surface area contributed by atoms with Crippen LogP contribution in [0.25, 0.3) is 0 Å². The maximum Gasteiger partial charge on any atom is 0.305 e. The predicted octanol–water partition coefficient (Wildman–Crippen LogP) is -0.442. The number of aliphatic carboxylic acids is 1. The number of rotatable bonds is 5. The van der Waals surface area contributed by atoms with Gasteiger partial charge in [-0.05, 0) is 6.92 Å². The van der Waals surface area contributed by atoms with Crippen LogP contribution in [-0.2, 0) is 9.59 Å². The number of carbonyl (C=O) groups is 2. The van der Waals surface area contributed by atoms with Gasteiger partial charge >= 0.3 is 5.97 Å². The number of alkyl halides is 2. The van der Waals surface area contributed by atoms with Gasteiger partial charge < -0.3 is 16.2 Å². The van der Waals surface area contributed by atoms with Gasteiger partial charge in [-0.2, -0.15) is 0 Å². The summed E-state index contributed by atoms with van der Waals surface area (Å²) in [6.07, 6.45) is -3.75. The molecule has 0 aliphatic heterocycles. The number of nitrogens with two attached hydrogens (primary N) is 1. The first-order valence-electron chi connectivity index (χ1n) is 3.90.